The Labute approximate surface area is 119 Å². The summed E-state index contributed by atoms with van der Waals surface area (Å²) in [6.45, 7) is 1.73. The second-order valence-corrected chi connectivity index (χ2v) is 4.42. The van der Waals surface area contributed by atoms with Crippen LogP contribution in [0.3, 0.4) is 0 Å². The molecule has 0 aliphatic carbocycles. The normalized spacial score (nSPS) is 11.2. The van der Waals surface area contributed by atoms with Crippen LogP contribution < -0.4 is 0 Å². The average Bonchev–Trinajstić information content (AvgIpc) is 2.49. The van der Waals surface area contributed by atoms with Crippen LogP contribution in [0.5, 0.6) is 0 Å². The minimum Gasteiger partial charge on any atom is -0.396 e. The molecule has 0 saturated heterocycles. The highest BCUT2D eigenvalue weighted by atomic mass is 16.3. The summed E-state index contributed by atoms with van der Waals surface area (Å²) < 4.78 is 0. The first-order chi connectivity index (χ1) is 9.65. The summed E-state index contributed by atoms with van der Waals surface area (Å²) in [4.78, 5) is 11.8. The van der Waals surface area contributed by atoms with E-state index in [1.54, 1.807) is 6.92 Å². The molecule has 2 aromatic carbocycles. The van der Waals surface area contributed by atoms with Gasteiger partial charge in [-0.1, -0.05) is 60.7 Å². The standard InChI is InChI=1S/C13H10O.C4H10O2/c14-13(11-7-3-1-4-8-11)12-9-5-2-6-10-12;1-4(6)2-3-5/h1-10H;4-6H,2-3H2,1H3. The molecule has 3 heteroatoms. The van der Waals surface area contributed by atoms with Gasteiger partial charge in [-0.2, -0.15) is 0 Å². The minimum atomic E-state index is -0.352. The average molecular weight is 272 g/mol. The van der Waals surface area contributed by atoms with Crippen molar-refractivity contribution in [1.29, 1.82) is 0 Å². The minimum absolute atomic E-state index is 0.0752. The van der Waals surface area contributed by atoms with Crippen molar-refractivity contribution >= 4 is 5.78 Å². The fraction of sp³-hybridized carbons (Fsp3) is 0.235. The lowest BCUT2D eigenvalue weighted by Gasteiger charge is -1.99. The van der Waals surface area contributed by atoms with Crippen LogP contribution in [-0.4, -0.2) is 28.7 Å². The second kappa shape index (κ2) is 9.02. The van der Waals surface area contributed by atoms with Crippen molar-refractivity contribution in [2.45, 2.75) is 19.4 Å². The van der Waals surface area contributed by atoms with Gasteiger partial charge in [0.25, 0.3) is 0 Å². The van der Waals surface area contributed by atoms with E-state index in [9.17, 15) is 4.79 Å². The third kappa shape index (κ3) is 5.78. The zero-order valence-electron chi connectivity index (χ0n) is 11.6. The van der Waals surface area contributed by atoms with E-state index in [0.717, 1.165) is 11.1 Å². The van der Waals surface area contributed by atoms with Crippen molar-refractivity contribution in [2.24, 2.45) is 0 Å². The van der Waals surface area contributed by atoms with Gasteiger partial charge in [-0.15, -0.1) is 0 Å². The van der Waals surface area contributed by atoms with Crippen LogP contribution >= 0.6 is 0 Å². The molecule has 0 aromatic heterocycles. The van der Waals surface area contributed by atoms with Crippen molar-refractivity contribution in [3.8, 4) is 0 Å². The van der Waals surface area contributed by atoms with Crippen molar-refractivity contribution in [3.63, 3.8) is 0 Å². The van der Waals surface area contributed by atoms with Gasteiger partial charge in [-0.05, 0) is 13.3 Å². The van der Waals surface area contributed by atoms with Crippen LogP contribution in [0.1, 0.15) is 29.3 Å². The van der Waals surface area contributed by atoms with Gasteiger partial charge >= 0.3 is 0 Å². The maximum absolute atomic E-state index is 11.8. The summed E-state index contributed by atoms with van der Waals surface area (Å²) in [5, 5.41) is 16.5. The molecule has 0 fully saturated rings. The summed E-state index contributed by atoms with van der Waals surface area (Å²) >= 11 is 0. The number of aliphatic hydroxyl groups excluding tert-OH is 2. The van der Waals surface area contributed by atoms with E-state index in [2.05, 4.69) is 0 Å². The molecule has 2 N–H and O–H groups in total. The summed E-state index contributed by atoms with van der Waals surface area (Å²) in [6.07, 6.45) is 0.134. The Morgan fingerprint density at radius 2 is 1.35 bits per heavy atom. The number of carbonyl (C=O) groups is 1. The molecule has 0 amide bonds. The van der Waals surface area contributed by atoms with E-state index < -0.39 is 0 Å². The van der Waals surface area contributed by atoms with Gasteiger partial charge in [0.1, 0.15) is 0 Å². The van der Waals surface area contributed by atoms with E-state index in [4.69, 9.17) is 10.2 Å². The van der Waals surface area contributed by atoms with Crippen LogP contribution in [-0.2, 0) is 0 Å². The Balaban J connectivity index is 0.000000286. The van der Waals surface area contributed by atoms with Gasteiger partial charge in [0.05, 0.1) is 6.10 Å². The zero-order valence-corrected chi connectivity index (χ0v) is 11.6. The molecular formula is C17H20O3. The van der Waals surface area contributed by atoms with E-state index in [-0.39, 0.29) is 18.5 Å². The Bertz CT molecular complexity index is 451. The lowest BCUT2D eigenvalue weighted by molar-refractivity contribution is 0.103. The number of aliphatic hydroxyl groups is 2. The van der Waals surface area contributed by atoms with Gasteiger partial charge < -0.3 is 10.2 Å². The Morgan fingerprint density at radius 3 is 1.60 bits per heavy atom. The van der Waals surface area contributed by atoms with Crippen LogP contribution in [0.4, 0.5) is 0 Å². The zero-order chi connectivity index (χ0) is 14.8. The van der Waals surface area contributed by atoms with Gasteiger partial charge in [-0.25, -0.2) is 0 Å². The van der Waals surface area contributed by atoms with E-state index in [1.807, 2.05) is 60.7 Å². The molecule has 3 nitrogen and oxygen atoms in total. The number of hydrogen-bond donors (Lipinski definition) is 2. The molecule has 1 atom stereocenters. The van der Waals surface area contributed by atoms with Gasteiger partial charge in [0, 0.05) is 17.7 Å². The predicted molar refractivity (Wildman–Crippen MR) is 79.7 cm³/mol. The monoisotopic (exact) mass is 272 g/mol. The molecule has 1 unspecified atom stereocenters. The largest absolute Gasteiger partial charge is 0.396 e. The van der Waals surface area contributed by atoms with Crippen molar-refractivity contribution < 1.29 is 15.0 Å². The van der Waals surface area contributed by atoms with Gasteiger partial charge in [-0.3, -0.25) is 4.79 Å². The molecule has 106 valence electrons. The molecule has 0 heterocycles. The molecule has 0 saturated carbocycles. The lowest BCUT2D eigenvalue weighted by Crippen LogP contribution is -2.00. The predicted octanol–water partition coefficient (Wildman–Crippen LogP) is 2.67. The Hall–Kier alpha value is -1.97. The number of rotatable bonds is 4. The van der Waals surface area contributed by atoms with Crippen molar-refractivity contribution in [1.82, 2.24) is 0 Å². The summed E-state index contributed by atoms with van der Waals surface area (Å²) in [5.74, 6) is 0.0752. The topological polar surface area (TPSA) is 57.5 Å². The number of carbonyl (C=O) groups excluding carboxylic acids is 1. The van der Waals surface area contributed by atoms with Crippen LogP contribution in [0.15, 0.2) is 60.7 Å². The van der Waals surface area contributed by atoms with Crippen molar-refractivity contribution in [2.75, 3.05) is 6.61 Å². The molecule has 2 rings (SSSR count). The lowest BCUT2D eigenvalue weighted by atomic mass is 10.0. The third-order valence-electron chi connectivity index (χ3n) is 2.62. The van der Waals surface area contributed by atoms with Crippen molar-refractivity contribution in [3.05, 3.63) is 71.8 Å². The maximum Gasteiger partial charge on any atom is 0.193 e. The van der Waals surface area contributed by atoms with E-state index >= 15 is 0 Å². The third-order valence-corrected chi connectivity index (χ3v) is 2.62. The number of benzene rings is 2. The second-order valence-electron chi connectivity index (χ2n) is 4.42. The molecule has 0 aliphatic rings. The molecule has 2 aromatic rings. The molecule has 0 bridgehead atoms. The molecule has 0 radical (unpaired) electrons. The first-order valence-corrected chi connectivity index (χ1v) is 6.59. The van der Waals surface area contributed by atoms with Crippen LogP contribution in [0.2, 0.25) is 0 Å². The molecule has 0 aliphatic heterocycles. The highest BCUT2D eigenvalue weighted by Gasteiger charge is 2.06. The number of ketones is 1. The smallest absolute Gasteiger partial charge is 0.193 e. The first kappa shape index (κ1) is 16.1. The fourth-order valence-electron chi connectivity index (χ4n) is 1.53. The number of hydrogen-bond acceptors (Lipinski definition) is 3. The van der Waals surface area contributed by atoms with Gasteiger partial charge in [0.15, 0.2) is 5.78 Å². The maximum atomic E-state index is 11.8. The SMILES string of the molecule is CC(O)CCO.O=C(c1ccccc1)c1ccccc1. The molecule has 20 heavy (non-hydrogen) atoms. The highest BCUT2D eigenvalue weighted by molar-refractivity contribution is 6.08. The van der Waals surface area contributed by atoms with Crippen LogP contribution in [0.25, 0.3) is 0 Å². The first-order valence-electron chi connectivity index (χ1n) is 6.59. The molecular weight excluding hydrogens is 252 g/mol. The summed E-state index contributed by atoms with van der Waals surface area (Å²) in [5.41, 5.74) is 1.47. The van der Waals surface area contributed by atoms with Crippen LogP contribution in [0, 0.1) is 0 Å². The fourth-order valence-corrected chi connectivity index (χ4v) is 1.53. The Morgan fingerprint density at radius 1 is 0.950 bits per heavy atom. The van der Waals surface area contributed by atoms with E-state index in [0.29, 0.717) is 6.42 Å². The highest BCUT2D eigenvalue weighted by Crippen LogP contribution is 2.08. The summed E-state index contributed by atoms with van der Waals surface area (Å²) in [7, 11) is 0. The van der Waals surface area contributed by atoms with Gasteiger partial charge in [0.2, 0.25) is 0 Å². The quantitative estimate of drug-likeness (QED) is 0.841. The Kier molecular flexibility index (Phi) is 7.25. The molecule has 0 spiro atoms. The summed E-state index contributed by atoms with van der Waals surface area (Å²) in [6, 6.07) is 18.6. The van der Waals surface area contributed by atoms with E-state index in [1.165, 1.54) is 0 Å².